The van der Waals surface area contributed by atoms with Crippen molar-refractivity contribution in [2.24, 2.45) is 21.3 Å². The van der Waals surface area contributed by atoms with E-state index in [1.165, 1.54) is 49.6 Å². The van der Waals surface area contributed by atoms with E-state index >= 15 is 8.78 Å². The van der Waals surface area contributed by atoms with E-state index in [1.54, 1.807) is 54.5 Å². The number of amidine groups is 1. The van der Waals surface area contributed by atoms with E-state index < -0.39 is 46.4 Å². The first-order chi connectivity index (χ1) is 44.7. The number of nitrogens with zero attached hydrogens (tertiary/aromatic N) is 6. The molecule has 5 amide bonds. The number of carbonyl (C=O) groups excluding carboxylic acids is 5. The van der Waals surface area contributed by atoms with Crippen LogP contribution in [-0.2, 0) is 24.6 Å². The Morgan fingerprint density at radius 3 is 2.20 bits per heavy atom. The van der Waals surface area contributed by atoms with E-state index in [2.05, 4.69) is 44.1 Å². The molecule has 0 aromatic heterocycles. The third kappa shape index (κ3) is 16.2. The first-order valence-corrected chi connectivity index (χ1v) is 32.4. The molecular weight excluding hydrogens is 1230 g/mol. The molecule has 0 spiro atoms. The summed E-state index contributed by atoms with van der Waals surface area (Å²) in [6, 6.07) is 26.1. The molecule has 5 aromatic carbocycles. The number of benzene rings is 5. The van der Waals surface area contributed by atoms with Crippen LogP contribution in [0, 0.1) is 34.3 Å². The highest BCUT2D eigenvalue weighted by atomic mass is 35.5. The fourth-order valence-corrected chi connectivity index (χ4v) is 13.2. The van der Waals surface area contributed by atoms with Crippen molar-refractivity contribution < 1.29 is 42.2 Å². The van der Waals surface area contributed by atoms with Crippen molar-refractivity contribution in [2.75, 3.05) is 79.2 Å². The monoisotopic (exact) mass is 1310 g/mol. The molecule has 9 rings (SSSR count). The number of halogens is 4. The lowest BCUT2D eigenvalue weighted by Crippen LogP contribution is -2.48. The lowest BCUT2D eigenvalue weighted by Gasteiger charge is -2.37. The van der Waals surface area contributed by atoms with Crippen LogP contribution in [0.2, 0.25) is 10.0 Å². The first-order valence-electron chi connectivity index (χ1n) is 31.7. The summed E-state index contributed by atoms with van der Waals surface area (Å²) < 4.78 is 43.8. The summed E-state index contributed by atoms with van der Waals surface area (Å²) in [5.41, 5.74) is 1.80. The predicted octanol–water partition coefficient (Wildman–Crippen LogP) is 13.1. The van der Waals surface area contributed by atoms with Gasteiger partial charge in [0.25, 0.3) is 11.8 Å². The first kappa shape index (κ1) is 68.7. The average molecular weight is 1310 g/mol. The number of rotatable bonds is 25. The number of methoxy groups -OCH3 is 2. The van der Waals surface area contributed by atoms with Gasteiger partial charge < -0.3 is 45.9 Å². The number of nitriles is 1. The van der Waals surface area contributed by atoms with Crippen molar-refractivity contribution in [1.82, 2.24) is 15.5 Å². The molecule has 4 aliphatic rings. The Morgan fingerprint density at radius 1 is 0.828 bits per heavy atom. The largest absolute Gasteiger partial charge is 0.495 e. The molecular formula is C71H81Cl2F2N11O7. The number of anilines is 5. The van der Waals surface area contributed by atoms with Crippen molar-refractivity contribution in [3.8, 4) is 17.6 Å². The van der Waals surface area contributed by atoms with E-state index in [9.17, 15) is 29.2 Å². The number of ether oxygens (including phenoxy) is 2. The third-order valence-corrected chi connectivity index (χ3v) is 18.1. The molecule has 0 bridgehead atoms. The van der Waals surface area contributed by atoms with E-state index in [1.807, 2.05) is 50.8 Å². The Bertz CT molecular complexity index is 3760. The molecule has 4 aliphatic heterocycles. The van der Waals surface area contributed by atoms with Crippen LogP contribution in [0.25, 0.3) is 0 Å². The van der Waals surface area contributed by atoms with Crippen LogP contribution in [0.1, 0.15) is 126 Å². The fourth-order valence-electron chi connectivity index (χ4n) is 12.9. The van der Waals surface area contributed by atoms with Gasteiger partial charge >= 0.3 is 0 Å². The highest BCUT2D eigenvalue weighted by Gasteiger charge is 2.61. The van der Waals surface area contributed by atoms with Gasteiger partial charge in [0.05, 0.1) is 60.9 Å². The van der Waals surface area contributed by atoms with Gasteiger partial charge in [0.15, 0.2) is 0 Å². The Kier molecular flexibility index (Phi) is 22.8. The molecule has 2 fully saturated rings. The predicted molar refractivity (Wildman–Crippen MR) is 363 cm³/mol. The fraction of sp³-hybridized carbons (Fsp3) is 0.408. The lowest BCUT2D eigenvalue weighted by atomic mass is 9.62. The molecule has 22 heteroatoms. The third-order valence-electron chi connectivity index (χ3n) is 17.6. The highest BCUT2D eigenvalue weighted by molar-refractivity contribution is 6.31. The summed E-state index contributed by atoms with van der Waals surface area (Å²) in [6.45, 7) is 14.8. The molecule has 4 heterocycles. The lowest BCUT2D eigenvalue weighted by molar-refractivity contribution is -0.131. The number of guanidine groups is 1. The molecule has 18 nitrogen and oxygen atoms in total. The second-order valence-electron chi connectivity index (χ2n) is 25.1. The number of carbonyl (C=O) groups is 5. The van der Waals surface area contributed by atoms with Crippen LogP contribution in [-0.4, -0.2) is 112 Å². The van der Waals surface area contributed by atoms with Gasteiger partial charge in [-0.05, 0) is 110 Å². The van der Waals surface area contributed by atoms with E-state index in [0.29, 0.717) is 92.3 Å². The Morgan fingerprint density at radius 2 is 1.52 bits per heavy atom. The molecule has 93 heavy (non-hydrogen) atoms. The standard InChI is InChI=1S/C71H81Cl2F2N11O7/c1-8-60(87)79-47-20-18-21-49(39-47)86-62(89)36-44(2)51-42-78-69(83-66(51)86)81-56-30-27-48(40-58(56)93-7)84-32-34-85(35-33-84)61(88)24-16-14-12-10-9-11-13-15-17-31-77-67(90)45-25-29-55(57(37-45)92-6)80-68(91)65-63(50-22-19-23-53(73)64(50)75)71(43-76,59(82-65)41-70(3,4)5)52-28-26-46(72)38-54(52)74/h8,18-23,25-30,36-40,51,59,63,65,82H,1,9-17,24,31-35,41-42H2,2-7H3,(H,77,90)(H,78,81)(H,79,87)(H,80,91)/t51?,59-,63-,65+,71-/m0/s1. The molecule has 5 atom stereocenters. The smallest absolute Gasteiger partial charge is 0.256 e. The van der Waals surface area contributed by atoms with Gasteiger partial charge in [0, 0.05) is 90.8 Å². The molecule has 490 valence electrons. The number of hydrogen-bond acceptors (Lipinski definition) is 13. The van der Waals surface area contributed by atoms with Crippen LogP contribution in [0.5, 0.6) is 11.5 Å². The number of hydrogen-bond donors (Lipinski definition) is 5. The maximum atomic E-state index is 16.2. The molecule has 0 radical (unpaired) electrons. The molecule has 5 N–H and O–H groups in total. The van der Waals surface area contributed by atoms with Crippen LogP contribution in [0.4, 0.5) is 37.2 Å². The van der Waals surface area contributed by atoms with E-state index in [4.69, 9.17) is 42.7 Å². The quantitative estimate of drug-likeness (QED) is 0.0273. The van der Waals surface area contributed by atoms with Gasteiger partial charge in [-0.1, -0.05) is 125 Å². The maximum Gasteiger partial charge on any atom is 0.256 e. The van der Waals surface area contributed by atoms with Crippen LogP contribution >= 0.6 is 23.2 Å². The number of aliphatic imine (C=N–C) groups is 2. The second kappa shape index (κ2) is 30.9. The normalized spacial score (nSPS) is 19.5. The number of amides is 5. The minimum Gasteiger partial charge on any atom is -0.495 e. The van der Waals surface area contributed by atoms with Gasteiger partial charge in [0.1, 0.15) is 34.4 Å². The molecule has 1 unspecified atom stereocenters. The van der Waals surface area contributed by atoms with Crippen molar-refractivity contribution in [2.45, 2.75) is 122 Å². The van der Waals surface area contributed by atoms with Crippen molar-refractivity contribution in [3.63, 3.8) is 0 Å². The number of fused-ring (bicyclic) bond motifs is 1. The van der Waals surface area contributed by atoms with Crippen LogP contribution in [0.15, 0.2) is 131 Å². The summed E-state index contributed by atoms with van der Waals surface area (Å²) >= 11 is 12.5. The minimum absolute atomic E-state index is 0.0348. The van der Waals surface area contributed by atoms with Crippen LogP contribution < -0.4 is 45.9 Å². The summed E-state index contributed by atoms with van der Waals surface area (Å²) in [7, 11) is 3.02. The topological polar surface area (TPSA) is 222 Å². The van der Waals surface area contributed by atoms with Crippen LogP contribution in [0.3, 0.4) is 0 Å². The summed E-state index contributed by atoms with van der Waals surface area (Å²) in [6.07, 6.45) is 12.5. The zero-order chi connectivity index (χ0) is 66.6. The SMILES string of the molecule is C=CC(=O)Nc1cccc(N2C(=O)C=C(C)C3CN=C(Nc4ccc(N5CCN(C(=O)CCCCCCCCCCCNC(=O)c6ccc(NC(=O)[C@@H]7N[C@@H](CC(C)(C)C)[C@](C#N)(c8ccc(Cl)cc8F)[C@H]7c7cccc(Cl)c7F)c(OC)c6)CC5)cc4OC)N=C32)c1. The highest BCUT2D eigenvalue weighted by Crippen LogP contribution is 2.53. The molecule has 5 aromatic rings. The van der Waals surface area contributed by atoms with Gasteiger partial charge in [-0.3, -0.25) is 28.9 Å². The molecule has 0 saturated carbocycles. The number of unbranched alkanes of at least 4 members (excludes halogenated alkanes) is 8. The van der Waals surface area contributed by atoms with Gasteiger partial charge in [0.2, 0.25) is 23.7 Å². The molecule has 2 saturated heterocycles. The Balaban J connectivity index is 0.673. The van der Waals surface area contributed by atoms with Crippen molar-refractivity contribution >= 4 is 93.0 Å². The molecule has 0 aliphatic carbocycles. The van der Waals surface area contributed by atoms with Crippen molar-refractivity contribution in [3.05, 3.63) is 160 Å². The second-order valence-corrected chi connectivity index (χ2v) is 26.0. The maximum absolute atomic E-state index is 16.2. The summed E-state index contributed by atoms with van der Waals surface area (Å²) in [5, 5.41) is 26.4. The zero-order valence-corrected chi connectivity index (χ0v) is 55.0. The zero-order valence-electron chi connectivity index (χ0n) is 53.5. The number of piperazine rings is 1. The average Bonchev–Trinajstić information content (AvgIpc) is 1.59. The Hall–Kier alpha value is -8.64. The Labute approximate surface area is 552 Å². The van der Waals surface area contributed by atoms with Gasteiger partial charge in [-0.15, -0.1) is 0 Å². The van der Waals surface area contributed by atoms with Gasteiger partial charge in [-0.2, -0.15) is 10.3 Å². The van der Waals surface area contributed by atoms with Gasteiger partial charge in [-0.25, -0.2) is 13.8 Å². The summed E-state index contributed by atoms with van der Waals surface area (Å²) in [4.78, 5) is 82.1. The van der Waals surface area contributed by atoms with E-state index in [-0.39, 0.29) is 62.2 Å². The van der Waals surface area contributed by atoms with Crippen molar-refractivity contribution in [1.29, 1.82) is 5.26 Å². The summed E-state index contributed by atoms with van der Waals surface area (Å²) in [5.74, 6) is -2.82. The minimum atomic E-state index is -1.81. The van der Waals surface area contributed by atoms with E-state index in [0.717, 1.165) is 75.1 Å². The number of nitrogens with one attached hydrogen (secondary N) is 5.